The summed E-state index contributed by atoms with van der Waals surface area (Å²) in [5.74, 6) is -0.315. The van der Waals surface area contributed by atoms with E-state index in [9.17, 15) is 17.6 Å². The number of nitrogens with two attached hydrogens (primary N) is 1. The van der Waals surface area contributed by atoms with Crippen molar-refractivity contribution in [1.82, 2.24) is 10.3 Å². The first-order valence-electron chi connectivity index (χ1n) is 6.13. The number of hydrogen-bond acceptors (Lipinski definition) is 4. The van der Waals surface area contributed by atoms with E-state index in [1.165, 1.54) is 6.20 Å². The minimum atomic E-state index is -3.93. The number of pyridine rings is 1. The molecule has 2 aromatic rings. The lowest BCUT2D eigenvalue weighted by molar-refractivity contribution is 0.251. The number of sulfonamides is 1. The fourth-order valence-corrected chi connectivity index (χ4v) is 2.20. The molecule has 7 nitrogen and oxygen atoms in total. The van der Waals surface area contributed by atoms with Gasteiger partial charge < -0.3 is 5.32 Å². The maximum absolute atomic E-state index is 13.6. The molecule has 0 unspecified atom stereocenters. The Morgan fingerprint density at radius 1 is 1.27 bits per heavy atom. The Hall–Kier alpha value is -2.52. The van der Waals surface area contributed by atoms with E-state index in [2.05, 4.69) is 15.6 Å². The smallest absolute Gasteiger partial charge is 0.320 e. The van der Waals surface area contributed by atoms with Gasteiger partial charge in [0.25, 0.3) is 0 Å². The van der Waals surface area contributed by atoms with E-state index in [4.69, 9.17) is 5.14 Å². The molecule has 0 aliphatic carbocycles. The van der Waals surface area contributed by atoms with Crippen LogP contribution in [0.2, 0.25) is 0 Å². The van der Waals surface area contributed by atoms with Crippen LogP contribution in [0.4, 0.5) is 15.0 Å². The number of urea groups is 1. The summed E-state index contributed by atoms with van der Waals surface area (Å²) in [7, 11) is -3.93. The minimum Gasteiger partial charge on any atom is -0.334 e. The van der Waals surface area contributed by atoms with Gasteiger partial charge in [-0.05, 0) is 30.3 Å². The molecule has 0 fully saturated rings. The molecular formula is C13H13FN4O3S. The number of carbonyl (C=O) groups is 1. The third-order valence-electron chi connectivity index (χ3n) is 2.69. The van der Waals surface area contributed by atoms with E-state index in [-0.39, 0.29) is 17.0 Å². The fraction of sp³-hybridized carbons (Fsp3) is 0.0769. The number of primary sulfonamides is 1. The second-order valence-electron chi connectivity index (χ2n) is 4.32. The van der Waals surface area contributed by atoms with Crippen LogP contribution in [0.5, 0.6) is 0 Å². The number of amides is 2. The van der Waals surface area contributed by atoms with Crippen molar-refractivity contribution in [2.45, 2.75) is 11.4 Å². The average Bonchev–Trinajstić information content (AvgIpc) is 2.46. The molecule has 2 rings (SSSR count). The molecule has 0 atom stereocenters. The topological polar surface area (TPSA) is 114 Å². The van der Waals surface area contributed by atoms with Crippen LogP contribution in [0, 0.1) is 5.82 Å². The fourth-order valence-electron chi connectivity index (χ4n) is 1.64. The quantitative estimate of drug-likeness (QED) is 0.783. The number of hydrogen-bond donors (Lipinski definition) is 3. The normalized spacial score (nSPS) is 11.0. The van der Waals surface area contributed by atoms with Crippen molar-refractivity contribution in [1.29, 1.82) is 0 Å². The summed E-state index contributed by atoms with van der Waals surface area (Å²) in [5.41, 5.74) is 0.00250. The Bertz CT molecular complexity index is 781. The summed E-state index contributed by atoms with van der Waals surface area (Å²) in [4.78, 5) is 15.3. The van der Waals surface area contributed by atoms with E-state index in [0.717, 1.165) is 18.2 Å². The van der Waals surface area contributed by atoms with Gasteiger partial charge in [-0.25, -0.2) is 27.7 Å². The molecule has 1 aromatic heterocycles. The largest absolute Gasteiger partial charge is 0.334 e. The van der Waals surface area contributed by atoms with E-state index >= 15 is 0 Å². The Morgan fingerprint density at radius 2 is 2.05 bits per heavy atom. The van der Waals surface area contributed by atoms with Crippen molar-refractivity contribution < 1.29 is 17.6 Å². The molecule has 9 heteroatoms. The van der Waals surface area contributed by atoms with Crippen LogP contribution in [0.25, 0.3) is 0 Å². The van der Waals surface area contributed by atoms with E-state index in [0.29, 0.717) is 5.82 Å². The van der Waals surface area contributed by atoms with Crippen molar-refractivity contribution in [2.75, 3.05) is 5.32 Å². The van der Waals surface area contributed by atoms with Crippen molar-refractivity contribution >= 4 is 21.9 Å². The first-order valence-corrected chi connectivity index (χ1v) is 7.68. The number of anilines is 1. The molecule has 116 valence electrons. The molecule has 0 saturated heterocycles. The molecule has 0 bridgehead atoms. The molecule has 1 heterocycles. The Morgan fingerprint density at radius 3 is 2.68 bits per heavy atom. The zero-order valence-corrected chi connectivity index (χ0v) is 12.1. The summed E-state index contributed by atoms with van der Waals surface area (Å²) in [6.07, 6.45) is 1.50. The van der Waals surface area contributed by atoms with Crippen LogP contribution in [-0.4, -0.2) is 19.4 Å². The van der Waals surface area contributed by atoms with Crippen LogP contribution in [-0.2, 0) is 16.6 Å². The second kappa shape index (κ2) is 6.50. The van der Waals surface area contributed by atoms with Gasteiger partial charge in [-0.2, -0.15) is 0 Å². The molecule has 0 aliphatic rings. The molecule has 0 saturated carbocycles. The van der Waals surface area contributed by atoms with Crippen LogP contribution >= 0.6 is 0 Å². The number of carbonyl (C=O) groups excluding carboxylic acids is 1. The van der Waals surface area contributed by atoms with Gasteiger partial charge in [0.05, 0.1) is 4.90 Å². The van der Waals surface area contributed by atoms with Gasteiger partial charge in [-0.1, -0.05) is 6.07 Å². The first-order chi connectivity index (χ1) is 10.4. The minimum absolute atomic E-state index is 0.00250. The average molecular weight is 324 g/mol. The van der Waals surface area contributed by atoms with E-state index < -0.39 is 21.9 Å². The van der Waals surface area contributed by atoms with Crippen molar-refractivity contribution in [3.05, 3.63) is 54.0 Å². The SMILES string of the molecule is NS(=O)(=O)c1ccc(F)c(CNC(=O)Nc2ccccn2)c1. The van der Waals surface area contributed by atoms with Gasteiger partial charge in [-0.3, -0.25) is 5.32 Å². The van der Waals surface area contributed by atoms with Crippen LogP contribution in [0.1, 0.15) is 5.56 Å². The molecule has 0 aliphatic heterocycles. The molecule has 4 N–H and O–H groups in total. The maximum Gasteiger partial charge on any atom is 0.320 e. The summed E-state index contributed by atoms with van der Waals surface area (Å²) < 4.78 is 36.1. The highest BCUT2D eigenvalue weighted by atomic mass is 32.2. The van der Waals surface area contributed by atoms with Crippen LogP contribution in [0.3, 0.4) is 0 Å². The zero-order chi connectivity index (χ0) is 16.2. The predicted molar refractivity (Wildman–Crippen MR) is 77.9 cm³/mol. The number of halogens is 1. The van der Waals surface area contributed by atoms with Crippen LogP contribution in [0.15, 0.2) is 47.5 Å². The zero-order valence-electron chi connectivity index (χ0n) is 11.3. The monoisotopic (exact) mass is 324 g/mol. The van der Waals surface area contributed by atoms with Crippen molar-refractivity contribution in [3.8, 4) is 0 Å². The highest BCUT2D eigenvalue weighted by molar-refractivity contribution is 7.89. The Kier molecular flexibility index (Phi) is 4.68. The van der Waals surface area contributed by atoms with Crippen LogP contribution < -0.4 is 15.8 Å². The lowest BCUT2D eigenvalue weighted by Gasteiger charge is -2.09. The third-order valence-corrected chi connectivity index (χ3v) is 3.60. The molecule has 1 aromatic carbocycles. The van der Waals surface area contributed by atoms with E-state index in [1.807, 2.05) is 0 Å². The maximum atomic E-state index is 13.6. The van der Waals surface area contributed by atoms with Gasteiger partial charge >= 0.3 is 6.03 Å². The number of rotatable bonds is 4. The number of benzene rings is 1. The van der Waals surface area contributed by atoms with E-state index in [1.54, 1.807) is 18.2 Å². The number of nitrogens with zero attached hydrogens (tertiary/aromatic N) is 1. The lowest BCUT2D eigenvalue weighted by atomic mass is 10.2. The summed E-state index contributed by atoms with van der Waals surface area (Å²) >= 11 is 0. The highest BCUT2D eigenvalue weighted by Crippen LogP contribution is 2.14. The summed E-state index contributed by atoms with van der Waals surface area (Å²) in [6.45, 7) is -0.201. The van der Waals surface area contributed by atoms with Gasteiger partial charge in [0.1, 0.15) is 11.6 Å². The Labute approximate surface area is 126 Å². The molecule has 2 amide bonds. The van der Waals surface area contributed by atoms with Gasteiger partial charge in [0.2, 0.25) is 10.0 Å². The van der Waals surface area contributed by atoms with Gasteiger partial charge in [0.15, 0.2) is 0 Å². The summed E-state index contributed by atoms with van der Waals surface area (Å²) in [5, 5.41) is 9.83. The second-order valence-corrected chi connectivity index (χ2v) is 5.88. The van der Waals surface area contributed by atoms with Crippen molar-refractivity contribution in [3.63, 3.8) is 0 Å². The number of aromatic nitrogens is 1. The standard InChI is InChI=1S/C13H13FN4O3S/c14-11-5-4-10(22(15,20)21)7-9(11)8-17-13(19)18-12-3-1-2-6-16-12/h1-7H,8H2,(H2,15,20,21)(H2,16,17,18,19). The third kappa shape index (κ3) is 4.24. The predicted octanol–water partition coefficient (Wildman–Crippen LogP) is 1.19. The first kappa shape index (κ1) is 15.9. The summed E-state index contributed by atoms with van der Waals surface area (Å²) in [6, 6.07) is 7.48. The lowest BCUT2D eigenvalue weighted by Crippen LogP contribution is -2.29. The van der Waals surface area contributed by atoms with Crippen molar-refractivity contribution in [2.24, 2.45) is 5.14 Å². The molecule has 22 heavy (non-hydrogen) atoms. The van der Waals surface area contributed by atoms with Gasteiger partial charge in [0, 0.05) is 18.3 Å². The molecular weight excluding hydrogens is 311 g/mol. The molecule has 0 spiro atoms. The number of nitrogens with one attached hydrogen (secondary N) is 2. The van der Waals surface area contributed by atoms with Gasteiger partial charge in [-0.15, -0.1) is 0 Å². The molecule has 0 radical (unpaired) electrons. The Balaban J connectivity index is 2.03. The highest BCUT2D eigenvalue weighted by Gasteiger charge is 2.12.